The number of hydrogen-bond donors (Lipinski definition) is 0. The van der Waals surface area contributed by atoms with Crippen molar-refractivity contribution in [3.63, 3.8) is 0 Å². The Labute approximate surface area is 165 Å². The average Bonchev–Trinajstić information content (AvgIpc) is 2.66. The quantitative estimate of drug-likeness (QED) is 0.575. The molecule has 0 aliphatic rings. The molecule has 2 aromatic rings. The molecule has 0 amide bonds. The summed E-state index contributed by atoms with van der Waals surface area (Å²) in [7, 11) is 2.99. The van der Waals surface area contributed by atoms with E-state index in [1.165, 1.54) is 7.11 Å². The summed E-state index contributed by atoms with van der Waals surface area (Å²) in [5, 5.41) is 0. The summed E-state index contributed by atoms with van der Waals surface area (Å²) in [6.45, 7) is 9.09. The number of methoxy groups -OCH3 is 2. The topological polar surface area (TPSA) is 47.5 Å². The molecule has 0 saturated carbocycles. The third-order valence-electron chi connectivity index (χ3n) is 4.45. The van der Waals surface area contributed by atoms with Crippen molar-refractivity contribution in [1.82, 2.24) is 9.97 Å². The molecule has 0 N–H and O–H groups in total. The first-order chi connectivity index (χ1) is 13.4. The molecule has 2 rings (SSSR count). The molecule has 5 nitrogen and oxygen atoms in total. The zero-order valence-electron chi connectivity index (χ0n) is 17.5. The molecule has 28 heavy (non-hydrogen) atoms. The Morgan fingerprint density at radius 3 is 2.14 bits per heavy atom. The van der Waals surface area contributed by atoms with Crippen molar-refractivity contribution in [2.75, 3.05) is 32.2 Å². The molecule has 1 aromatic carbocycles. The smallest absolute Gasteiger partial charge is 0.282 e. The number of ether oxygens (including phenoxy) is 2. The Morgan fingerprint density at radius 1 is 1.00 bits per heavy atom. The number of nitrogens with zero attached hydrogens (tertiary/aromatic N) is 3. The van der Waals surface area contributed by atoms with Crippen LogP contribution in [0.25, 0.3) is 11.4 Å². The highest BCUT2D eigenvalue weighted by molar-refractivity contribution is 5.71. The highest BCUT2D eigenvalue weighted by Gasteiger charge is 2.27. The van der Waals surface area contributed by atoms with Crippen molar-refractivity contribution in [2.24, 2.45) is 0 Å². The molecule has 0 radical (unpaired) electrons. The van der Waals surface area contributed by atoms with Gasteiger partial charge in [-0.25, -0.2) is 13.8 Å². The Kier molecular flexibility index (Phi) is 7.54. The first kappa shape index (κ1) is 21.9. The molecule has 1 heterocycles. The van der Waals surface area contributed by atoms with Crippen molar-refractivity contribution >= 4 is 5.69 Å². The Bertz CT molecular complexity index is 807. The summed E-state index contributed by atoms with van der Waals surface area (Å²) in [6.07, 6.45) is -1.12. The second-order valence-electron chi connectivity index (χ2n) is 6.74. The van der Waals surface area contributed by atoms with Gasteiger partial charge in [-0.15, -0.1) is 0 Å². The Morgan fingerprint density at radius 2 is 1.64 bits per heavy atom. The lowest BCUT2D eigenvalue weighted by Crippen LogP contribution is -2.27. The minimum atomic E-state index is -2.75. The van der Waals surface area contributed by atoms with Crippen LogP contribution in [0, 0.1) is 13.8 Å². The van der Waals surface area contributed by atoms with E-state index in [1.54, 1.807) is 7.11 Å². The van der Waals surface area contributed by atoms with Gasteiger partial charge in [-0.1, -0.05) is 19.9 Å². The number of anilines is 1. The summed E-state index contributed by atoms with van der Waals surface area (Å²) in [5.74, 6) is 0.899. The maximum absolute atomic E-state index is 14.0. The number of hydrogen-bond acceptors (Lipinski definition) is 5. The van der Waals surface area contributed by atoms with Gasteiger partial charge in [0.2, 0.25) is 5.88 Å². The number of halogens is 2. The molecule has 0 aliphatic carbocycles. The van der Waals surface area contributed by atoms with E-state index >= 15 is 0 Å². The Hall–Kier alpha value is -2.44. The standard InChI is InChI=1S/C21H29F2N3O2/c1-7-9-26(10-8-2)17-16(19(22)23)24-20(25-21(17)28-6)15-12-13(3)11-14(4)18(15)27-5/h11-12,19H,7-10H2,1-6H3. The van der Waals surface area contributed by atoms with Crippen LogP contribution < -0.4 is 14.4 Å². The van der Waals surface area contributed by atoms with Crippen molar-refractivity contribution in [2.45, 2.75) is 47.0 Å². The van der Waals surface area contributed by atoms with Gasteiger partial charge < -0.3 is 14.4 Å². The monoisotopic (exact) mass is 393 g/mol. The summed E-state index contributed by atoms with van der Waals surface area (Å²) in [4.78, 5) is 10.6. The maximum Gasteiger partial charge on any atom is 0.282 e. The SMILES string of the molecule is CCCN(CCC)c1c(OC)nc(-c2cc(C)cc(C)c2OC)nc1C(F)F. The van der Waals surface area contributed by atoms with E-state index in [2.05, 4.69) is 9.97 Å². The van der Waals surface area contributed by atoms with Gasteiger partial charge in [0, 0.05) is 13.1 Å². The van der Waals surface area contributed by atoms with Crippen LogP contribution in [0.4, 0.5) is 14.5 Å². The van der Waals surface area contributed by atoms with E-state index in [1.807, 2.05) is 44.7 Å². The van der Waals surface area contributed by atoms with Crippen LogP contribution in [-0.2, 0) is 0 Å². The van der Waals surface area contributed by atoms with Gasteiger partial charge in [-0.3, -0.25) is 0 Å². The highest BCUT2D eigenvalue weighted by Crippen LogP contribution is 2.40. The van der Waals surface area contributed by atoms with Gasteiger partial charge in [0.05, 0.1) is 19.8 Å². The van der Waals surface area contributed by atoms with E-state index < -0.39 is 6.43 Å². The minimum Gasteiger partial charge on any atom is -0.496 e. The summed E-state index contributed by atoms with van der Waals surface area (Å²) in [5.41, 5.74) is 2.39. The summed E-state index contributed by atoms with van der Waals surface area (Å²) >= 11 is 0. The predicted molar refractivity (Wildman–Crippen MR) is 108 cm³/mol. The first-order valence-electron chi connectivity index (χ1n) is 9.52. The van der Waals surface area contributed by atoms with Crippen molar-refractivity contribution in [3.05, 3.63) is 29.0 Å². The molecule has 0 bridgehead atoms. The van der Waals surface area contributed by atoms with Gasteiger partial charge in [0.15, 0.2) is 5.82 Å². The third kappa shape index (κ3) is 4.51. The normalized spacial score (nSPS) is 11.0. The molecule has 1 aromatic heterocycles. The van der Waals surface area contributed by atoms with E-state index in [4.69, 9.17) is 9.47 Å². The lowest BCUT2D eigenvalue weighted by atomic mass is 10.0. The number of aromatic nitrogens is 2. The van der Waals surface area contributed by atoms with E-state index in [-0.39, 0.29) is 23.1 Å². The Balaban J connectivity index is 2.76. The second kappa shape index (κ2) is 9.66. The number of aryl methyl sites for hydroxylation is 2. The number of alkyl halides is 2. The van der Waals surface area contributed by atoms with Gasteiger partial charge >= 0.3 is 0 Å². The lowest BCUT2D eigenvalue weighted by Gasteiger charge is -2.27. The fourth-order valence-electron chi connectivity index (χ4n) is 3.43. The minimum absolute atomic E-state index is 0.156. The average molecular weight is 393 g/mol. The van der Waals surface area contributed by atoms with Crippen LogP contribution in [0.2, 0.25) is 0 Å². The van der Waals surface area contributed by atoms with Crippen LogP contribution >= 0.6 is 0 Å². The van der Waals surface area contributed by atoms with Gasteiger partial charge in [0.1, 0.15) is 17.1 Å². The van der Waals surface area contributed by atoms with Crippen molar-refractivity contribution in [1.29, 1.82) is 0 Å². The maximum atomic E-state index is 14.0. The van der Waals surface area contributed by atoms with Crippen molar-refractivity contribution in [3.8, 4) is 23.0 Å². The van der Waals surface area contributed by atoms with Gasteiger partial charge in [-0.2, -0.15) is 4.98 Å². The molecular formula is C21H29F2N3O2. The molecule has 154 valence electrons. The highest BCUT2D eigenvalue weighted by atomic mass is 19.3. The molecular weight excluding hydrogens is 364 g/mol. The fraction of sp³-hybridized carbons (Fsp3) is 0.524. The van der Waals surface area contributed by atoms with Crippen LogP contribution in [0.15, 0.2) is 12.1 Å². The molecule has 0 aliphatic heterocycles. The van der Waals surface area contributed by atoms with Gasteiger partial charge in [0.25, 0.3) is 6.43 Å². The van der Waals surface area contributed by atoms with E-state index in [0.29, 0.717) is 24.4 Å². The third-order valence-corrected chi connectivity index (χ3v) is 4.45. The van der Waals surface area contributed by atoms with Crippen LogP contribution in [0.1, 0.15) is 49.9 Å². The van der Waals surface area contributed by atoms with Crippen molar-refractivity contribution < 1.29 is 18.3 Å². The molecule has 0 fully saturated rings. The molecule has 0 spiro atoms. The molecule has 0 saturated heterocycles. The zero-order chi connectivity index (χ0) is 20.8. The van der Waals surface area contributed by atoms with Crippen LogP contribution in [-0.4, -0.2) is 37.3 Å². The molecule has 0 unspecified atom stereocenters. The first-order valence-corrected chi connectivity index (χ1v) is 9.52. The summed E-state index contributed by atoms with van der Waals surface area (Å²) in [6, 6.07) is 3.80. The number of benzene rings is 1. The molecule has 0 atom stereocenters. The number of rotatable bonds is 9. The van der Waals surface area contributed by atoms with Gasteiger partial charge in [-0.05, 0) is 43.9 Å². The lowest BCUT2D eigenvalue weighted by molar-refractivity contribution is 0.146. The van der Waals surface area contributed by atoms with Crippen LogP contribution in [0.5, 0.6) is 11.6 Å². The molecule has 7 heteroatoms. The van der Waals surface area contributed by atoms with Crippen LogP contribution in [0.3, 0.4) is 0 Å². The zero-order valence-corrected chi connectivity index (χ0v) is 17.5. The largest absolute Gasteiger partial charge is 0.496 e. The summed E-state index contributed by atoms with van der Waals surface area (Å²) < 4.78 is 39.0. The predicted octanol–water partition coefficient (Wildman–Crippen LogP) is 5.34. The fourth-order valence-corrected chi connectivity index (χ4v) is 3.43. The van der Waals surface area contributed by atoms with E-state index in [0.717, 1.165) is 24.0 Å². The van der Waals surface area contributed by atoms with E-state index in [9.17, 15) is 8.78 Å². The second-order valence-corrected chi connectivity index (χ2v) is 6.74.